The molecule has 3 rings (SSSR count). The van der Waals surface area contributed by atoms with Crippen molar-refractivity contribution in [1.29, 1.82) is 0 Å². The molecule has 2 aromatic rings. The molecule has 2 N–H and O–H groups in total. The largest absolute Gasteiger partial charge is 0.490 e. The van der Waals surface area contributed by atoms with Gasteiger partial charge in [0, 0.05) is 9.35 Å². The van der Waals surface area contributed by atoms with Crippen LogP contribution < -0.4 is 15.4 Å². The number of aryl methyl sites for hydroxylation is 1. The number of halogens is 1. The van der Waals surface area contributed by atoms with E-state index in [1.807, 2.05) is 19.9 Å². The molecule has 0 radical (unpaired) electrons. The molecule has 0 spiro atoms. The van der Waals surface area contributed by atoms with E-state index in [0.717, 1.165) is 35.7 Å². The Morgan fingerprint density at radius 3 is 2.71 bits per heavy atom. The van der Waals surface area contributed by atoms with E-state index in [-0.39, 0.29) is 17.2 Å². The predicted octanol–water partition coefficient (Wildman–Crippen LogP) is 5.48. The van der Waals surface area contributed by atoms with Gasteiger partial charge in [-0.05, 0) is 82.4 Å². The number of amides is 1. The van der Waals surface area contributed by atoms with Crippen LogP contribution in [0, 0.1) is 0 Å². The summed E-state index contributed by atoms with van der Waals surface area (Å²) < 4.78 is 11.8. The van der Waals surface area contributed by atoms with Gasteiger partial charge >= 0.3 is 5.97 Å². The molecule has 0 saturated carbocycles. The normalized spacial score (nSPS) is 12.8. The van der Waals surface area contributed by atoms with Crippen molar-refractivity contribution in [2.75, 3.05) is 11.9 Å². The van der Waals surface area contributed by atoms with E-state index < -0.39 is 5.91 Å². The molecule has 0 bridgehead atoms. The summed E-state index contributed by atoms with van der Waals surface area (Å²) in [4.78, 5) is 26.7. The number of benzene rings is 1. The molecule has 31 heavy (non-hydrogen) atoms. The minimum atomic E-state index is -0.395. The Bertz CT molecular complexity index is 1000. The smallest absolute Gasteiger partial charge is 0.341 e. The first-order valence-corrected chi connectivity index (χ1v) is 12.2. The fourth-order valence-corrected chi connectivity index (χ4v) is 5.32. The number of hydrogen-bond donors (Lipinski definition) is 2. The van der Waals surface area contributed by atoms with Crippen LogP contribution in [0.2, 0.25) is 0 Å². The lowest BCUT2D eigenvalue weighted by molar-refractivity contribution is 0.0526. The van der Waals surface area contributed by atoms with E-state index in [1.54, 1.807) is 19.1 Å². The molecule has 1 aliphatic rings. The topological polar surface area (TPSA) is 76.7 Å². The number of ether oxygens (including phenoxy) is 2. The fourth-order valence-electron chi connectivity index (χ4n) is 3.41. The van der Waals surface area contributed by atoms with Crippen LogP contribution in [0.3, 0.4) is 0 Å². The summed E-state index contributed by atoms with van der Waals surface area (Å²) in [6.07, 6.45) is 3.83. The molecule has 0 unspecified atom stereocenters. The van der Waals surface area contributed by atoms with Gasteiger partial charge in [0.15, 0.2) is 5.11 Å². The number of carbonyl (C=O) groups excluding carboxylic acids is 2. The Morgan fingerprint density at radius 1 is 1.26 bits per heavy atom. The van der Waals surface area contributed by atoms with E-state index in [0.29, 0.717) is 28.5 Å². The van der Waals surface area contributed by atoms with Crippen LogP contribution in [0.1, 0.15) is 64.8 Å². The lowest BCUT2D eigenvalue weighted by Crippen LogP contribution is -2.34. The van der Waals surface area contributed by atoms with Gasteiger partial charge in [0.05, 0.1) is 23.8 Å². The third-order valence-corrected chi connectivity index (χ3v) is 6.56. The van der Waals surface area contributed by atoms with E-state index >= 15 is 0 Å². The Kier molecular flexibility index (Phi) is 8.07. The second kappa shape index (κ2) is 10.6. The lowest BCUT2D eigenvalue weighted by atomic mass is 9.95. The lowest BCUT2D eigenvalue weighted by Gasteiger charge is -2.15. The molecular weight excluding hydrogens is 500 g/mol. The second-order valence-electron chi connectivity index (χ2n) is 7.35. The average molecular weight is 525 g/mol. The quantitative estimate of drug-likeness (QED) is 0.384. The van der Waals surface area contributed by atoms with Crippen LogP contribution in [-0.2, 0) is 17.6 Å². The van der Waals surface area contributed by atoms with Crippen molar-refractivity contribution in [3.63, 3.8) is 0 Å². The number of rotatable bonds is 6. The Morgan fingerprint density at radius 2 is 2.00 bits per heavy atom. The van der Waals surface area contributed by atoms with E-state index in [1.165, 1.54) is 16.2 Å². The maximum Gasteiger partial charge on any atom is 0.341 e. The minimum Gasteiger partial charge on any atom is -0.490 e. The van der Waals surface area contributed by atoms with Gasteiger partial charge in [-0.15, -0.1) is 11.3 Å². The summed E-state index contributed by atoms with van der Waals surface area (Å²) in [5.41, 5.74) is 1.93. The van der Waals surface area contributed by atoms with Gasteiger partial charge in [-0.1, -0.05) is 15.9 Å². The number of thiocarbonyl (C=S) groups is 1. The summed E-state index contributed by atoms with van der Waals surface area (Å²) >= 11 is 10.3. The summed E-state index contributed by atoms with van der Waals surface area (Å²) in [6, 6.07) is 5.23. The van der Waals surface area contributed by atoms with Crippen molar-refractivity contribution in [3.8, 4) is 5.75 Å². The maximum absolute atomic E-state index is 12.9. The molecule has 166 valence electrons. The molecule has 0 saturated heterocycles. The van der Waals surface area contributed by atoms with Crippen molar-refractivity contribution < 1.29 is 19.1 Å². The number of anilines is 1. The third kappa shape index (κ3) is 5.84. The summed E-state index contributed by atoms with van der Waals surface area (Å²) in [6.45, 7) is 5.87. The molecule has 9 heteroatoms. The second-order valence-corrected chi connectivity index (χ2v) is 9.78. The van der Waals surface area contributed by atoms with Crippen LogP contribution in [0.5, 0.6) is 5.75 Å². The summed E-state index contributed by atoms with van der Waals surface area (Å²) in [5.74, 6) is -0.288. The van der Waals surface area contributed by atoms with Gasteiger partial charge in [0.2, 0.25) is 0 Å². The first-order valence-electron chi connectivity index (χ1n) is 10.2. The van der Waals surface area contributed by atoms with Crippen LogP contribution in [0.15, 0.2) is 22.7 Å². The van der Waals surface area contributed by atoms with E-state index in [9.17, 15) is 9.59 Å². The fraction of sp³-hybridized carbons (Fsp3) is 0.409. The Balaban J connectivity index is 1.80. The number of esters is 1. The highest BCUT2D eigenvalue weighted by Gasteiger charge is 2.27. The van der Waals surface area contributed by atoms with E-state index in [2.05, 4.69) is 26.6 Å². The Hall–Kier alpha value is -1.97. The van der Waals surface area contributed by atoms with Crippen molar-refractivity contribution >= 4 is 61.5 Å². The zero-order valence-corrected chi connectivity index (χ0v) is 20.9. The van der Waals surface area contributed by atoms with Gasteiger partial charge in [-0.3, -0.25) is 10.1 Å². The van der Waals surface area contributed by atoms with E-state index in [4.69, 9.17) is 21.7 Å². The Labute approximate surface area is 199 Å². The monoisotopic (exact) mass is 524 g/mol. The van der Waals surface area contributed by atoms with Gasteiger partial charge in [0.1, 0.15) is 10.8 Å². The predicted molar refractivity (Wildman–Crippen MR) is 131 cm³/mol. The minimum absolute atomic E-state index is 0.0811. The maximum atomic E-state index is 12.9. The zero-order valence-electron chi connectivity index (χ0n) is 17.7. The first-order chi connectivity index (χ1) is 14.8. The molecule has 0 fully saturated rings. The van der Waals surface area contributed by atoms with Crippen molar-refractivity contribution in [2.24, 2.45) is 0 Å². The molecule has 6 nitrogen and oxygen atoms in total. The molecule has 1 amide bonds. The van der Waals surface area contributed by atoms with Crippen molar-refractivity contribution in [2.45, 2.75) is 52.6 Å². The van der Waals surface area contributed by atoms with Crippen LogP contribution >= 0.6 is 39.5 Å². The molecule has 0 aliphatic heterocycles. The third-order valence-electron chi connectivity index (χ3n) is 4.65. The summed E-state index contributed by atoms with van der Waals surface area (Å²) in [5, 5.41) is 6.48. The van der Waals surface area contributed by atoms with Crippen molar-refractivity contribution in [1.82, 2.24) is 5.32 Å². The van der Waals surface area contributed by atoms with Gasteiger partial charge < -0.3 is 14.8 Å². The van der Waals surface area contributed by atoms with Gasteiger partial charge in [-0.2, -0.15) is 0 Å². The van der Waals surface area contributed by atoms with Crippen molar-refractivity contribution in [3.05, 3.63) is 44.2 Å². The summed E-state index contributed by atoms with van der Waals surface area (Å²) in [7, 11) is 0. The number of nitrogens with one attached hydrogen (secondary N) is 2. The molecular formula is C22H25BrN2O4S2. The zero-order chi connectivity index (χ0) is 22.5. The first kappa shape index (κ1) is 23.7. The molecule has 1 aliphatic carbocycles. The highest BCUT2D eigenvalue weighted by atomic mass is 79.9. The molecule has 1 heterocycles. The number of fused-ring (bicyclic) bond motifs is 1. The molecule has 0 atom stereocenters. The number of thiophene rings is 1. The average Bonchev–Trinajstić information content (AvgIpc) is 3.06. The van der Waals surface area contributed by atoms with Crippen LogP contribution in [-0.4, -0.2) is 29.7 Å². The van der Waals surface area contributed by atoms with Gasteiger partial charge in [0.25, 0.3) is 5.91 Å². The molecule has 1 aromatic carbocycles. The number of hydrogen-bond acceptors (Lipinski definition) is 6. The highest BCUT2D eigenvalue weighted by Crippen LogP contribution is 2.38. The van der Waals surface area contributed by atoms with Crippen LogP contribution in [0.25, 0.3) is 0 Å². The number of carbonyl (C=O) groups is 2. The highest BCUT2D eigenvalue weighted by molar-refractivity contribution is 9.10. The van der Waals surface area contributed by atoms with Gasteiger partial charge in [-0.25, -0.2) is 4.79 Å². The molecule has 1 aromatic heterocycles. The SMILES string of the molecule is CCOC(=O)c1c(NC(=S)NC(=O)c2cc(Br)ccc2OC(C)C)sc2c1CCCC2. The van der Waals surface area contributed by atoms with Crippen LogP contribution in [0.4, 0.5) is 5.00 Å². The standard InChI is InChI=1S/C22H25BrN2O4S2/c1-4-28-21(27)18-14-7-5-6-8-17(14)31-20(18)25-22(30)24-19(26)15-11-13(23)9-10-16(15)29-12(2)3/h9-12H,4-8H2,1-3H3,(H2,24,25,26,30).